The van der Waals surface area contributed by atoms with E-state index in [4.69, 9.17) is 14.0 Å². The maximum atomic E-state index is 5.29. The molecule has 6 nitrogen and oxygen atoms in total. The van der Waals surface area contributed by atoms with Crippen molar-refractivity contribution in [3.8, 4) is 11.5 Å². The zero-order chi connectivity index (χ0) is 16.2. The molecule has 118 valence electrons. The van der Waals surface area contributed by atoms with Crippen LogP contribution in [0.3, 0.4) is 0 Å². The molecule has 3 aromatic rings. The summed E-state index contributed by atoms with van der Waals surface area (Å²) in [4.78, 5) is 0. The molecule has 1 heterocycles. The molecule has 0 aliphatic carbocycles. The van der Waals surface area contributed by atoms with Gasteiger partial charge < -0.3 is 14.0 Å². The first-order chi connectivity index (χ1) is 11.2. The quantitative estimate of drug-likeness (QED) is 0.534. The summed E-state index contributed by atoms with van der Waals surface area (Å²) in [7, 11) is 5.03. The van der Waals surface area contributed by atoms with Crippen LogP contribution in [0.25, 0.3) is 11.0 Å². The van der Waals surface area contributed by atoms with E-state index in [1.54, 1.807) is 25.4 Å². The molecule has 0 bridgehead atoms. The van der Waals surface area contributed by atoms with Crippen molar-refractivity contribution in [2.75, 3.05) is 26.3 Å². The number of hydrogen-bond acceptors (Lipinski definition) is 6. The molecule has 0 saturated heterocycles. The van der Waals surface area contributed by atoms with Gasteiger partial charge in [0.1, 0.15) is 0 Å². The van der Waals surface area contributed by atoms with E-state index in [1.807, 2.05) is 49.5 Å². The Morgan fingerprint density at radius 1 is 1.09 bits per heavy atom. The molecule has 2 aromatic carbocycles. The van der Waals surface area contributed by atoms with Crippen LogP contribution in [0.5, 0.6) is 11.5 Å². The first kappa shape index (κ1) is 14.9. The molecular formula is C17H17N3O3. The van der Waals surface area contributed by atoms with E-state index >= 15 is 0 Å². The number of rotatable bonds is 5. The molecule has 0 spiro atoms. The first-order valence-corrected chi connectivity index (χ1v) is 7.07. The van der Waals surface area contributed by atoms with Crippen molar-refractivity contribution in [2.45, 2.75) is 0 Å². The monoisotopic (exact) mass is 311 g/mol. The number of nitrogens with zero attached hydrogens (tertiary/aromatic N) is 3. The highest BCUT2D eigenvalue weighted by Gasteiger charge is 2.10. The minimum absolute atomic E-state index is 0.658. The summed E-state index contributed by atoms with van der Waals surface area (Å²) in [5.41, 5.74) is 1.62. The third-order valence-corrected chi connectivity index (χ3v) is 3.45. The molecule has 6 heteroatoms. The van der Waals surface area contributed by atoms with Gasteiger partial charge in [0.25, 0.3) is 0 Å². The van der Waals surface area contributed by atoms with Gasteiger partial charge >= 0.3 is 0 Å². The predicted molar refractivity (Wildman–Crippen MR) is 89.6 cm³/mol. The van der Waals surface area contributed by atoms with Crippen molar-refractivity contribution in [1.29, 1.82) is 0 Å². The van der Waals surface area contributed by atoms with Gasteiger partial charge in [-0.2, -0.15) is 5.10 Å². The molecule has 0 amide bonds. The molecule has 0 aliphatic heterocycles. The second kappa shape index (κ2) is 6.39. The zero-order valence-corrected chi connectivity index (χ0v) is 13.2. The van der Waals surface area contributed by atoms with Crippen LogP contribution in [0.2, 0.25) is 0 Å². The van der Waals surface area contributed by atoms with Crippen molar-refractivity contribution in [3.63, 3.8) is 0 Å². The van der Waals surface area contributed by atoms with Crippen molar-refractivity contribution in [2.24, 2.45) is 5.10 Å². The third-order valence-electron chi connectivity index (χ3n) is 3.45. The summed E-state index contributed by atoms with van der Waals surface area (Å²) in [6.07, 6.45) is 1.73. The molecule has 0 saturated carbocycles. The lowest BCUT2D eigenvalue weighted by atomic mass is 10.2. The number of aromatic nitrogens is 1. The topological polar surface area (TPSA) is 60.1 Å². The molecule has 0 unspecified atom stereocenters. The molecule has 0 N–H and O–H groups in total. The lowest BCUT2D eigenvalue weighted by Gasteiger charge is -2.10. The number of hydrazone groups is 1. The normalized spacial score (nSPS) is 11.1. The number of anilines is 1. The van der Waals surface area contributed by atoms with E-state index < -0.39 is 0 Å². The number of ether oxygens (including phenoxy) is 2. The molecule has 3 rings (SSSR count). The molecule has 0 aliphatic rings. The minimum Gasteiger partial charge on any atom is -0.493 e. The number of hydrogen-bond donors (Lipinski definition) is 0. The van der Waals surface area contributed by atoms with Crippen molar-refractivity contribution < 1.29 is 14.0 Å². The van der Waals surface area contributed by atoms with E-state index in [2.05, 4.69) is 10.3 Å². The van der Waals surface area contributed by atoms with E-state index in [1.165, 1.54) is 0 Å². The van der Waals surface area contributed by atoms with Crippen LogP contribution in [0.15, 0.2) is 52.1 Å². The summed E-state index contributed by atoms with van der Waals surface area (Å²) in [6, 6.07) is 13.3. The third kappa shape index (κ3) is 2.96. The van der Waals surface area contributed by atoms with Gasteiger partial charge in [-0.15, -0.1) is 0 Å². The average molecular weight is 311 g/mol. The van der Waals surface area contributed by atoms with Crippen molar-refractivity contribution >= 4 is 23.0 Å². The highest BCUT2D eigenvalue weighted by molar-refractivity contribution is 5.89. The Hall–Kier alpha value is -3.02. The standard InChI is InChI=1S/C17H17N3O3/c1-20(17-13-6-4-5-7-14(13)23-19-17)18-11-12-8-9-15(21-2)16(10-12)22-3/h4-11H,1-3H3/b18-11+. The highest BCUT2D eigenvalue weighted by atomic mass is 16.5. The van der Waals surface area contributed by atoms with Gasteiger partial charge in [-0.25, -0.2) is 5.01 Å². The number of benzene rings is 2. The second-order valence-electron chi connectivity index (χ2n) is 4.88. The Bertz CT molecular complexity index is 842. The fourth-order valence-electron chi connectivity index (χ4n) is 2.25. The maximum absolute atomic E-state index is 5.29. The largest absolute Gasteiger partial charge is 0.493 e. The van der Waals surface area contributed by atoms with Crippen LogP contribution in [0, 0.1) is 0 Å². The van der Waals surface area contributed by atoms with Crippen LogP contribution in [-0.2, 0) is 0 Å². The fraction of sp³-hybridized carbons (Fsp3) is 0.176. The van der Waals surface area contributed by atoms with Crippen molar-refractivity contribution in [3.05, 3.63) is 48.0 Å². The average Bonchev–Trinajstić information content (AvgIpc) is 3.03. The first-order valence-electron chi connectivity index (χ1n) is 7.07. The highest BCUT2D eigenvalue weighted by Crippen LogP contribution is 2.27. The van der Waals surface area contributed by atoms with Crippen LogP contribution in [0.1, 0.15) is 5.56 Å². The van der Waals surface area contributed by atoms with Gasteiger partial charge in [-0.05, 0) is 35.9 Å². The molecular weight excluding hydrogens is 294 g/mol. The van der Waals surface area contributed by atoms with Crippen molar-refractivity contribution in [1.82, 2.24) is 5.16 Å². The van der Waals surface area contributed by atoms with E-state index in [9.17, 15) is 0 Å². The van der Waals surface area contributed by atoms with E-state index in [0.717, 1.165) is 16.5 Å². The van der Waals surface area contributed by atoms with Crippen LogP contribution in [-0.4, -0.2) is 32.6 Å². The van der Waals surface area contributed by atoms with Gasteiger partial charge in [0.2, 0.25) is 0 Å². The summed E-state index contributed by atoms with van der Waals surface area (Å²) in [5.74, 6) is 2.00. The summed E-state index contributed by atoms with van der Waals surface area (Å²) < 4.78 is 15.8. The molecule has 1 aromatic heterocycles. The van der Waals surface area contributed by atoms with Gasteiger partial charge in [-0.1, -0.05) is 17.3 Å². The fourth-order valence-corrected chi connectivity index (χ4v) is 2.25. The zero-order valence-electron chi connectivity index (χ0n) is 13.2. The lowest BCUT2D eigenvalue weighted by Crippen LogP contribution is -2.09. The second-order valence-corrected chi connectivity index (χ2v) is 4.88. The lowest BCUT2D eigenvalue weighted by molar-refractivity contribution is 0.355. The Kier molecular flexibility index (Phi) is 4.14. The number of para-hydroxylation sites is 1. The molecule has 23 heavy (non-hydrogen) atoms. The molecule has 0 radical (unpaired) electrons. The van der Waals surface area contributed by atoms with Crippen LogP contribution < -0.4 is 14.5 Å². The number of fused-ring (bicyclic) bond motifs is 1. The van der Waals surface area contributed by atoms with Crippen LogP contribution >= 0.6 is 0 Å². The summed E-state index contributed by atoms with van der Waals surface area (Å²) in [5, 5.41) is 11.1. The minimum atomic E-state index is 0.658. The van der Waals surface area contributed by atoms with E-state index in [0.29, 0.717) is 17.3 Å². The smallest absolute Gasteiger partial charge is 0.199 e. The molecule has 0 atom stereocenters. The Morgan fingerprint density at radius 2 is 1.87 bits per heavy atom. The Labute approximate surface area is 133 Å². The van der Waals surface area contributed by atoms with Gasteiger partial charge in [0.15, 0.2) is 22.9 Å². The van der Waals surface area contributed by atoms with Gasteiger partial charge in [-0.3, -0.25) is 0 Å². The van der Waals surface area contributed by atoms with Gasteiger partial charge in [0.05, 0.1) is 25.8 Å². The Balaban J connectivity index is 1.85. The summed E-state index contributed by atoms with van der Waals surface area (Å²) >= 11 is 0. The maximum Gasteiger partial charge on any atom is 0.199 e. The Morgan fingerprint density at radius 3 is 2.65 bits per heavy atom. The SMILES string of the molecule is COc1ccc(/C=N/N(C)c2noc3ccccc23)cc1OC. The number of methoxy groups -OCH3 is 2. The molecule has 0 fully saturated rings. The predicted octanol–water partition coefficient (Wildman–Crippen LogP) is 3.32. The summed E-state index contributed by atoms with van der Waals surface area (Å²) in [6.45, 7) is 0. The van der Waals surface area contributed by atoms with Gasteiger partial charge in [0, 0.05) is 7.05 Å². The van der Waals surface area contributed by atoms with Crippen LogP contribution in [0.4, 0.5) is 5.82 Å². The van der Waals surface area contributed by atoms with E-state index in [-0.39, 0.29) is 0 Å².